The van der Waals surface area contributed by atoms with E-state index in [0.717, 1.165) is 16.5 Å². The Morgan fingerprint density at radius 2 is 1.65 bits per heavy atom. The zero-order valence-corrected chi connectivity index (χ0v) is 20.5. The number of quaternary nitrogens is 2. The number of aromatic nitrogens is 1. The highest BCUT2D eigenvalue weighted by atomic mass is 16.4. The first-order chi connectivity index (χ1) is 17.4. The van der Waals surface area contributed by atoms with E-state index in [-0.39, 0.29) is 25.8 Å². The lowest BCUT2D eigenvalue weighted by Gasteiger charge is -2.24. The third-order valence-electron chi connectivity index (χ3n) is 5.60. The first-order valence-corrected chi connectivity index (χ1v) is 11.7. The molecule has 6 atom stereocenters. The molecule has 0 aliphatic rings. The first kappa shape index (κ1) is 31.9. The molecule has 1 aromatic carbocycles. The highest BCUT2D eigenvalue weighted by molar-refractivity contribution is 5.87. The third-order valence-corrected chi connectivity index (χ3v) is 5.60. The van der Waals surface area contributed by atoms with Gasteiger partial charge in [-0.1, -0.05) is 18.2 Å². The lowest BCUT2D eigenvalue weighted by Crippen LogP contribution is -2.83. The number of fused-ring (bicyclic) bond motifs is 1. The Balaban J connectivity index is 0.000000448. The Kier molecular flexibility index (Phi) is 13.7. The van der Waals surface area contributed by atoms with Gasteiger partial charge in [-0.25, -0.2) is 9.59 Å². The highest BCUT2D eigenvalue weighted by Gasteiger charge is 2.30. The second kappa shape index (κ2) is 15.9. The molecule has 2 aromatic rings. The number of aliphatic carboxylic acids is 2. The van der Waals surface area contributed by atoms with E-state index in [1.54, 1.807) is 18.6 Å². The molecular formula is C23H38N4O10+2. The van der Waals surface area contributed by atoms with Crippen LogP contribution in [0, 0.1) is 0 Å². The van der Waals surface area contributed by atoms with Crippen molar-refractivity contribution in [2.45, 2.75) is 55.8 Å². The average molecular weight is 531 g/mol. The summed E-state index contributed by atoms with van der Waals surface area (Å²) in [5.74, 6) is -2.73. The molecule has 0 bridgehead atoms. The fraction of sp³-hybridized carbons (Fsp3) is 0.522. The normalized spacial score (nSPS) is 16.0. The van der Waals surface area contributed by atoms with Crippen molar-refractivity contribution in [3.8, 4) is 0 Å². The van der Waals surface area contributed by atoms with Crippen LogP contribution in [0.25, 0.3) is 10.9 Å². The molecule has 0 radical (unpaired) electrons. The van der Waals surface area contributed by atoms with Gasteiger partial charge in [0.05, 0.1) is 13.7 Å². The van der Waals surface area contributed by atoms with Crippen molar-refractivity contribution in [2.24, 2.45) is 0 Å². The van der Waals surface area contributed by atoms with Gasteiger partial charge in [0, 0.05) is 36.4 Å². The second-order valence-corrected chi connectivity index (χ2v) is 8.54. The number of carboxylic acids is 2. The van der Waals surface area contributed by atoms with Crippen molar-refractivity contribution < 1.29 is 61.2 Å². The van der Waals surface area contributed by atoms with Crippen LogP contribution in [-0.4, -0.2) is 115 Å². The number of hydrogen-bond acceptors (Lipinski definition) is 8. The van der Waals surface area contributed by atoms with Crippen molar-refractivity contribution in [3.63, 3.8) is 0 Å². The summed E-state index contributed by atoms with van der Waals surface area (Å²) in [5.41, 5.74) is 5.10. The van der Waals surface area contributed by atoms with Crippen LogP contribution < -0.4 is 16.4 Å². The van der Waals surface area contributed by atoms with Gasteiger partial charge in [-0.05, 0) is 11.6 Å². The molecule has 14 heteroatoms. The van der Waals surface area contributed by atoms with Crippen LogP contribution in [0.2, 0.25) is 0 Å². The Morgan fingerprint density at radius 1 is 1.03 bits per heavy atom. The predicted molar refractivity (Wildman–Crippen MR) is 129 cm³/mol. The quantitative estimate of drug-likeness (QED) is 0.111. The van der Waals surface area contributed by atoms with Crippen molar-refractivity contribution in [1.82, 2.24) is 10.3 Å². The zero-order chi connectivity index (χ0) is 28.1. The zero-order valence-electron chi connectivity index (χ0n) is 20.5. The maximum absolute atomic E-state index is 11.9. The molecule has 37 heavy (non-hydrogen) atoms. The molecule has 1 heterocycles. The van der Waals surface area contributed by atoms with Gasteiger partial charge in [-0.3, -0.25) is 4.79 Å². The largest absolute Gasteiger partial charge is 0.480 e. The molecule has 14 N–H and O–H groups in total. The van der Waals surface area contributed by atoms with E-state index in [0.29, 0.717) is 0 Å². The summed E-state index contributed by atoms with van der Waals surface area (Å²) in [5, 5.41) is 68.0. The number of likely N-dealkylation sites (N-methyl/N-ethyl adjacent to an activating group) is 1. The summed E-state index contributed by atoms with van der Waals surface area (Å²) in [6.45, 7) is -0.433. The van der Waals surface area contributed by atoms with Crippen molar-refractivity contribution in [2.75, 3.05) is 20.2 Å². The van der Waals surface area contributed by atoms with E-state index < -0.39 is 61.0 Å². The number of rotatable bonds is 14. The van der Waals surface area contributed by atoms with Crippen LogP contribution in [0.4, 0.5) is 0 Å². The number of amides is 1. The lowest BCUT2D eigenvalue weighted by atomic mass is 10.0. The van der Waals surface area contributed by atoms with Crippen LogP contribution in [0.5, 0.6) is 0 Å². The lowest BCUT2D eigenvalue weighted by molar-refractivity contribution is -0.635. The molecule has 0 saturated carbocycles. The van der Waals surface area contributed by atoms with Crippen LogP contribution in [0.3, 0.4) is 0 Å². The van der Waals surface area contributed by atoms with Gasteiger partial charge in [0.1, 0.15) is 37.0 Å². The number of benzene rings is 1. The van der Waals surface area contributed by atoms with Crippen molar-refractivity contribution in [3.05, 3.63) is 36.0 Å². The fourth-order valence-electron chi connectivity index (χ4n) is 3.36. The minimum Gasteiger partial charge on any atom is -0.480 e. The van der Waals surface area contributed by atoms with Crippen LogP contribution in [-0.2, 0) is 20.8 Å². The van der Waals surface area contributed by atoms with E-state index in [4.69, 9.17) is 20.4 Å². The Hall–Kier alpha value is -3.11. The number of aromatic amines is 1. The van der Waals surface area contributed by atoms with E-state index in [2.05, 4.69) is 16.0 Å². The number of carboxylic acid groups (broad SMARTS) is 2. The molecular weight excluding hydrogens is 492 g/mol. The first-order valence-electron chi connectivity index (χ1n) is 11.7. The fourth-order valence-corrected chi connectivity index (χ4v) is 3.36. The number of hydrogen-bond donors (Lipinski definition) is 11. The van der Waals surface area contributed by atoms with Crippen LogP contribution in [0.15, 0.2) is 30.5 Å². The minimum absolute atomic E-state index is 0.0561. The molecule has 2 rings (SSSR count). The Morgan fingerprint density at radius 3 is 2.22 bits per heavy atom. The molecule has 0 aliphatic heterocycles. The highest BCUT2D eigenvalue weighted by Crippen LogP contribution is 2.19. The van der Waals surface area contributed by atoms with E-state index in [1.165, 1.54) is 0 Å². The number of nitrogens with one attached hydrogen (secondary N) is 2. The molecule has 0 aliphatic carbocycles. The van der Waals surface area contributed by atoms with Gasteiger partial charge < -0.3 is 57.1 Å². The number of carbonyl (C=O) groups excluding carboxylic acids is 1. The predicted octanol–water partition coefficient (Wildman–Crippen LogP) is -4.63. The summed E-state index contributed by atoms with van der Waals surface area (Å²) >= 11 is 0. The smallest absolute Gasteiger partial charge is 0.362 e. The molecule has 1 aromatic heterocycles. The van der Waals surface area contributed by atoms with Crippen molar-refractivity contribution in [1.29, 1.82) is 0 Å². The van der Waals surface area contributed by atoms with E-state index >= 15 is 0 Å². The Bertz CT molecular complexity index is 1000. The maximum atomic E-state index is 11.9. The molecule has 0 saturated heterocycles. The van der Waals surface area contributed by atoms with Gasteiger partial charge in [-0.15, -0.1) is 0 Å². The van der Waals surface area contributed by atoms with E-state index in [9.17, 15) is 29.7 Å². The monoisotopic (exact) mass is 530 g/mol. The summed E-state index contributed by atoms with van der Waals surface area (Å²) < 4.78 is 0. The number of para-hydroxylation sites is 1. The minimum atomic E-state index is -1.53. The SMILES string of the molecule is C[NH2+]C[C@H](O)[C@@H](O)[C@H](O)[C@H](O)CO.[NH3+][C@H](CCC(=O)N[C@H](Cc1c[nH]c2ccccc12)C(=O)O)C(=O)O. The summed E-state index contributed by atoms with van der Waals surface area (Å²) in [4.78, 5) is 37.0. The van der Waals surface area contributed by atoms with Crippen LogP contribution in [0.1, 0.15) is 18.4 Å². The number of nitrogens with two attached hydrogens (primary N) is 1. The molecule has 1 amide bonds. The maximum Gasteiger partial charge on any atom is 0.362 e. The Labute approximate surface area is 212 Å². The number of H-pyrrole nitrogens is 1. The number of aliphatic hydroxyl groups excluding tert-OH is 5. The molecule has 0 fully saturated rings. The van der Waals surface area contributed by atoms with Gasteiger partial charge in [0.25, 0.3) is 0 Å². The van der Waals surface area contributed by atoms with Crippen LogP contribution >= 0.6 is 0 Å². The number of carbonyl (C=O) groups is 3. The summed E-state index contributed by atoms with van der Waals surface area (Å²) in [7, 11) is 1.70. The standard InChI is InChI=1S/C16H19N3O5.C7H17NO5/c17-11(15(21)22)5-6-14(20)19-13(16(23)24)7-9-8-18-12-4-2-1-3-10(9)12;1-8-2-4(10)6(12)7(13)5(11)3-9/h1-4,8,11,13,18H,5-7,17H2,(H,19,20)(H,21,22)(H,23,24);4-13H,2-3H2,1H3/p+2/t11-,13-;4-,5+,6+,7+/m10/s1. The topological polar surface area (TPSA) is 265 Å². The van der Waals surface area contributed by atoms with Gasteiger partial charge in [0.2, 0.25) is 5.91 Å². The van der Waals surface area contributed by atoms with Crippen molar-refractivity contribution >= 4 is 28.7 Å². The summed E-state index contributed by atoms with van der Waals surface area (Å²) in [6, 6.07) is 5.51. The van der Waals surface area contributed by atoms with Gasteiger partial charge >= 0.3 is 11.9 Å². The molecule has 14 nitrogen and oxygen atoms in total. The van der Waals surface area contributed by atoms with Gasteiger partial charge in [-0.2, -0.15) is 0 Å². The molecule has 0 spiro atoms. The average Bonchev–Trinajstić information content (AvgIpc) is 3.28. The van der Waals surface area contributed by atoms with E-state index in [1.807, 2.05) is 24.3 Å². The molecule has 0 unspecified atom stereocenters. The third kappa shape index (κ3) is 10.4. The number of aliphatic hydroxyl groups is 5. The summed E-state index contributed by atoms with van der Waals surface area (Å²) in [6.07, 6.45) is -3.69. The molecule has 208 valence electrons. The second-order valence-electron chi connectivity index (χ2n) is 8.54. The van der Waals surface area contributed by atoms with Gasteiger partial charge in [0.15, 0.2) is 6.04 Å².